The number of esters is 2. The van der Waals surface area contributed by atoms with Gasteiger partial charge < -0.3 is 14.6 Å². The minimum absolute atomic E-state index is 0.142. The van der Waals surface area contributed by atoms with Crippen LogP contribution in [0, 0.1) is 0 Å². The van der Waals surface area contributed by atoms with Crippen molar-refractivity contribution in [1.29, 1.82) is 0 Å². The summed E-state index contributed by atoms with van der Waals surface area (Å²) in [6.07, 6.45) is 1.89. The summed E-state index contributed by atoms with van der Waals surface area (Å²) >= 11 is 0. The SMILES string of the molecule is O=C1OC(CO)(COC(=O)c2ccc(-c3ccccc3)cc2)C/C1=C\c1ccc(-c2ccccc2)cc1. The summed E-state index contributed by atoms with van der Waals surface area (Å²) in [5, 5.41) is 10.0. The van der Waals surface area contributed by atoms with E-state index in [2.05, 4.69) is 0 Å². The first-order chi connectivity index (χ1) is 18.0. The average molecular weight is 491 g/mol. The van der Waals surface area contributed by atoms with E-state index in [0.717, 1.165) is 27.8 Å². The molecule has 1 aliphatic rings. The lowest BCUT2D eigenvalue weighted by Gasteiger charge is -2.24. The maximum atomic E-state index is 12.7. The summed E-state index contributed by atoms with van der Waals surface area (Å²) in [6, 6.07) is 34.8. The van der Waals surface area contributed by atoms with Gasteiger partial charge in [-0.05, 0) is 46.0 Å². The predicted molar refractivity (Wildman–Crippen MR) is 143 cm³/mol. The minimum Gasteiger partial charge on any atom is -0.458 e. The molecule has 0 aromatic heterocycles. The molecule has 0 amide bonds. The van der Waals surface area contributed by atoms with E-state index in [9.17, 15) is 14.7 Å². The van der Waals surface area contributed by atoms with Gasteiger partial charge in [-0.15, -0.1) is 0 Å². The third-order valence-electron chi connectivity index (χ3n) is 6.42. The molecule has 5 rings (SSSR count). The molecule has 5 nitrogen and oxygen atoms in total. The summed E-state index contributed by atoms with van der Waals surface area (Å²) < 4.78 is 11.0. The van der Waals surface area contributed by atoms with Crippen LogP contribution in [0.3, 0.4) is 0 Å². The van der Waals surface area contributed by atoms with Crippen LogP contribution in [0.2, 0.25) is 0 Å². The van der Waals surface area contributed by atoms with Crippen LogP contribution in [0.4, 0.5) is 0 Å². The van der Waals surface area contributed by atoms with Gasteiger partial charge in [0.15, 0.2) is 5.60 Å². The first-order valence-corrected chi connectivity index (χ1v) is 12.1. The quantitative estimate of drug-likeness (QED) is 0.256. The molecular weight excluding hydrogens is 464 g/mol. The average Bonchev–Trinajstić information content (AvgIpc) is 3.28. The second-order valence-electron chi connectivity index (χ2n) is 9.08. The normalized spacial score (nSPS) is 18.0. The molecule has 1 heterocycles. The summed E-state index contributed by atoms with van der Waals surface area (Å²) in [4.78, 5) is 25.2. The number of ether oxygens (including phenoxy) is 2. The molecule has 0 spiro atoms. The van der Waals surface area contributed by atoms with Gasteiger partial charge in [0.25, 0.3) is 0 Å². The lowest BCUT2D eigenvalue weighted by atomic mass is 9.97. The van der Waals surface area contributed by atoms with E-state index in [-0.39, 0.29) is 13.0 Å². The van der Waals surface area contributed by atoms with Crippen molar-refractivity contribution in [1.82, 2.24) is 0 Å². The van der Waals surface area contributed by atoms with Gasteiger partial charge in [-0.2, -0.15) is 0 Å². The molecule has 0 bridgehead atoms. The van der Waals surface area contributed by atoms with Crippen molar-refractivity contribution in [3.05, 3.63) is 126 Å². The zero-order valence-electron chi connectivity index (χ0n) is 20.2. The van der Waals surface area contributed by atoms with Crippen molar-refractivity contribution in [2.24, 2.45) is 0 Å². The number of aliphatic hydroxyl groups excluding tert-OH is 1. The van der Waals surface area contributed by atoms with Crippen molar-refractivity contribution in [2.45, 2.75) is 12.0 Å². The second kappa shape index (κ2) is 10.6. The van der Waals surface area contributed by atoms with Crippen LogP contribution in [-0.2, 0) is 14.3 Å². The molecule has 4 aromatic carbocycles. The Bertz CT molecular complexity index is 1410. The smallest absolute Gasteiger partial charge is 0.338 e. The summed E-state index contributed by atoms with van der Waals surface area (Å²) in [7, 11) is 0. The zero-order valence-corrected chi connectivity index (χ0v) is 20.2. The Morgan fingerprint density at radius 2 is 1.30 bits per heavy atom. The number of cyclic esters (lactones) is 1. The Hall–Kier alpha value is -4.48. The third-order valence-corrected chi connectivity index (χ3v) is 6.42. The lowest BCUT2D eigenvalue weighted by molar-refractivity contribution is -0.154. The highest BCUT2D eigenvalue weighted by molar-refractivity contribution is 5.96. The van der Waals surface area contributed by atoms with Gasteiger partial charge in [-0.25, -0.2) is 9.59 Å². The Morgan fingerprint density at radius 1 is 0.784 bits per heavy atom. The largest absolute Gasteiger partial charge is 0.458 e. The molecule has 4 aromatic rings. The van der Waals surface area contributed by atoms with Crippen LogP contribution < -0.4 is 0 Å². The molecule has 0 aliphatic carbocycles. The molecule has 1 fully saturated rings. The molecule has 184 valence electrons. The van der Waals surface area contributed by atoms with Crippen molar-refractivity contribution < 1.29 is 24.2 Å². The fraction of sp³-hybridized carbons (Fsp3) is 0.125. The fourth-order valence-corrected chi connectivity index (χ4v) is 4.36. The van der Waals surface area contributed by atoms with Crippen molar-refractivity contribution in [3.63, 3.8) is 0 Å². The van der Waals surface area contributed by atoms with E-state index >= 15 is 0 Å². The van der Waals surface area contributed by atoms with Crippen molar-refractivity contribution in [3.8, 4) is 22.3 Å². The van der Waals surface area contributed by atoms with Crippen molar-refractivity contribution in [2.75, 3.05) is 13.2 Å². The molecular formula is C32H26O5. The Morgan fingerprint density at radius 3 is 1.84 bits per heavy atom. The van der Waals surface area contributed by atoms with Crippen LogP contribution in [-0.4, -0.2) is 35.9 Å². The third kappa shape index (κ3) is 5.52. The van der Waals surface area contributed by atoms with Gasteiger partial charge in [-0.1, -0.05) is 97.1 Å². The second-order valence-corrected chi connectivity index (χ2v) is 9.08. The van der Waals surface area contributed by atoms with E-state index in [1.807, 2.05) is 97.1 Å². The number of carbonyl (C=O) groups excluding carboxylic acids is 2. The molecule has 1 N–H and O–H groups in total. The molecule has 1 unspecified atom stereocenters. The van der Waals surface area contributed by atoms with E-state index in [1.54, 1.807) is 18.2 Å². The minimum atomic E-state index is -1.30. The Balaban J connectivity index is 1.24. The Kier molecular flexibility index (Phi) is 6.97. The van der Waals surface area contributed by atoms with E-state index in [4.69, 9.17) is 9.47 Å². The predicted octanol–water partition coefficient (Wildman–Crippen LogP) is 5.94. The maximum Gasteiger partial charge on any atom is 0.338 e. The topological polar surface area (TPSA) is 72.8 Å². The number of aliphatic hydroxyl groups is 1. The fourth-order valence-electron chi connectivity index (χ4n) is 4.36. The van der Waals surface area contributed by atoms with E-state index in [1.165, 1.54) is 0 Å². The first-order valence-electron chi connectivity index (χ1n) is 12.1. The number of benzene rings is 4. The molecule has 0 radical (unpaired) electrons. The molecule has 37 heavy (non-hydrogen) atoms. The van der Waals surface area contributed by atoms with E-state index < -0.39 is 24.1 Å². The standard InChI is InChI=1S/C32H26O5/c33-21-32(22-36-30(34)28-17-15-27(16-18-28)25-9-5-2-6-10-25)20-29(31(35)37-32)19-23-11-13-26(14-12-23)24-7-3-1-4-8-24/h1-19,33H,20-22H2/b29-19+. The number of carbonyl (C=O) groups is 2. The number of hydrogen-bond donors (Lipinski definition) is 1. The van der Waals surface area contributed by atoms with Gasteiger partial charge in [-0.3, -0.25) is 0 Å². The summed E-state index contributed by atoms with van der Waals surface area (Å²) in [6.45, 7) is -0.692. The monoisotopic (exact) mass is 490 g/mol. The molecule has 1 saturated heterocycles. The van der Waals surface area contributed by atoms with Crippen LogP contribution in [0.1, 0.15) is 22.3 Å². The molecule has 1 aliphatic heterocycles. The highest BCUT2D eigenvalue weighted by atomic mass is 16.6. The van der Waals surface area contributed by atoms with Crippen LogP contribution >= 0.6 is 0 Å². The molecule has 0 saturated carbocycles. The lowest BCUT2D eigenvalue weighted by Crippen LogP contribution is -2.39. The van der Waals surface area contributed by atoms with Gasteiger partial charge >= 0.3 is 11.9 Å². The number of rotatable bonds is 7. The van der Waals surface area contributed by atoms with Gasteiger partial charge in [0, 0.05) is 12.0 Å². The molecule has 1 atom stereocenters. The Labute approximate surface area is 215 Å². The van der Waals surface area contributed by atoms with E-state index in [0.29, 0.717) is 11.1 Å². The van der Waals surface area contributed by atoms with Gasteiger partial charge in [0.1, 0.15) is 6.61 Å². The van der Waals surface area contributed by atoms with Gasteiger partial charge in [0.05, 0.1) is 12.2 Å². The van der Waals surface area contributed by atoms with Gasteiger partial charge in [0.2, 0.25) is 0 Å². The number of hydrogen-bond acceptors (Lipinski definition) is 5. The molecule has 5 heteroatoms. The zero-order chi connectivity index (χ0) is 25.7. The highest BCUT2D eigenvalue weighted by Crippen LogP contribution is 2.33. The highest BCUT2D eigenvalue weighted by Gasteiger charge is 2.44. The summed E-state index contributed by atoms with van der Waals surface area (Å²) in [5.41, 5.74) is 4.57. The van der Waals surface area contributed by atoms with Crippen LogP contribution in [0.25, 0.3) is 28.3 Å². The summed E-state index contributed by atoms with van der Waals surface area (Å²) in [5.74, 6) is -1.07. The first kappa shape index (κ1) is 24.2. The maximum absolute atomic E-state index is 12.7. The van der Waals surface area contributed by atoms with Crippen LogP contribution in [0.5, 0.6) is 0 Å². The van der Waals surface area contributed by atoms with Crippen molar-refractivity contribution >= 4 is 18.0 Å². The van der Waals surface area contributed by atoms with Crippen LogP contribution in [0.15, 0.2) is 115 Å².